The Morgan fingerprint density at radius 1 is 1.40 bits per heavy atom. The van der Waals surface area contributed by atoms with Crippen molar-refractivity contribution in [3.63, 3.8) is 0 Å². The maximum Gasteiger partial charge on any atom is 0.131 e. The Hall–Kier alpha value is -1.09. The molecule has 0 radical (unpaired) electrons. The van der Waals surface area contributed by atoms with E-state index >= 15 is 0 Å². The first kappa shape index (κ1) is 12.0. The van der Waals surface area contributed by atoms with Crippen LogP contribution < -0.4 is 5.32 Å². The average molecular weight is 208 g/mol. The van der Waals surface area contributed by atoms with Crippen LogP contribution in [0.2, 0.25) is 0 Å². The van der Waals surface area contributed by atoms with E-state index in [4.69, 9.17) is 4.74 Å². The van der Waals surface area contributed by atoms with Crippen molar-refractivity contribution in [2.75, 3.05) is 19.0 Å². The highest BCUT2D eigenvalue weighted by molar-refractivity contribution is 5.42. The zero-order valence-corrected chi connectivity index (χ0v) is 9.62. The number of pyridine rings is 1. The molecule has 0 aromatic carbocycles. The molecule has 0 aliphatic heterocycles. The van der Waals surface area contributed by atoms with Gasteiger partial charge in [0.05, 0.1) is 6.61 Å². The minimum absolute atomic E-state index is 0.647. The molecule has 1 aromatic heterocycles. The lowest BCUT2D eigenvalue weighted by Crippen LogP contribution is -2.01. The van der Waals surface area contributed by atoms with Crippen LogP contribution in [0.1, 0.15) is 31.7 Å². The summed E-state index contributed by atoms with van der Waals surface area (Å²) < 4.78 is 5.58. The van der Waals surface area contributed by atoms with Crippen molar-refractivity contribution in [3.05, 3.63) is 23.9 Å². The fourth-order valence-electron chi connectivity index (χ4n) is 1.42. The summed E-state index contributed by atoms with van der Waals surface area (Å²) in [4.78, 5) is 4.22. The molecule has 1 N–H and O–H groups in total. The van der Waals surface area contributed by atoms with Crippen LogP contribution in [-0.2, 0) is 11.3 Å². The van der Waals surface area contributed by atoms with E-state index in [0.29, 0.717) is 6.61 Å². The van der Waals surface area contributed by atoms with Gasteiger partial charge in [0, 0.05) is 25.4 Å². The largest absolute Gasteiger partial charge is 0.377 e. The quantitative estimate of drug-likeness (QED) is 0.700. The SMILES string of the molecule is CCCCCOCc1cccnc1NC. The summed E-state index contributed by atoms with van der Waals surface area (Å²) >= 11 is 0. The van der Waals surface area contributed by atoms with E-state index < -0.39 is 0 Å². The minimum Gasteiger partial charge on any atom is -0.377 e. The number of anilines is 1. The second-order valence-corrected chi connectivity index (χ2v) is 3.52. The monoisotopic (exact) mass is 208 g/mol. The molecule has 15 heavy (non-hydrogen) atoms. The van der Waals surface area contributed by atoms with Crippen LogP contribution in [0.5, 0.6) is 0 Å². The van der Waals surface area contributed by atoms with E-state index in [0.717, 1.165) is 24.4 Å². The summed E-state index contributed by atoms with van der Waals surface area (Å²) in [6.07, 6.45) is 5.40. The molecular formula is C12H20N2O. The van der Waals surface area contributed by atoms with Crippen molar-refractivity contribution in [2.24, 2.45) is 0 Å². The summed E-state index contributed by atoms with van der Waals surface area (Å²) in [5.41, 5.74) is 1.12. The standard InChI is InChI=1S/C12H20N2O/c1-3-4-5-9-15-10-11-7-6-8-14-12(11)13-2/h6-8H,3-5,9-10H2,1-2H3,(H,13,14). The number of nitrogens with zero attached hydrogens (tertiary/aromatic N) is 1. The third-order valence-corrected chi connectivity index (χ3v) is 2.28. The molecule has 3 nitrogen and oxygen atoms in total. The number of nitrogens with one attached hydrogen (secondary N) is 1. The molecule has 1 aromatic rings. The van der Waals surface area contributed by atoms with Crippen LogP contribution in [0.3, 0.4) is 0 Å². The van der Waals surface area contributed by atoms with Crippen molar-refractivity contribution in [3.8, 4) is 0 Å². The summed E-state index contributed by atoms with van der Waals surface area (Å²) in [6.45, 7) is 3.68. The van der Waals surface area contributed by atoms with Crippen LogP contribution in [0.25, 0.3) is 0 Å². The molecular weight excluding hydrogens is 188 g/mol. The molecule has 0 amide bonds. The normalized spacial score (nSPS) is 10.3. The Morgan fingerprint density at radius 3 is 3.00 bits per heavy atom. The molecule has 1 rings (SSSR count). The van der Waals surface area contributed by atoms with E-state index in [1.54, 1.807) is 6.20 Å². The van der Waals surface area contributed by atoms with Crippen LogP contribution in [0.4, 0.5) is 5.82 Å². The summed E-state index contributed by atoms with van der Waals surface area (Å²) in [7, 11) is 1.88. The lowest BCUT2D eigenvalue weighted by atomic mass is 10.2. The second-order valence-electron chi connectivity index (χ2n) is 3.52. The fourth-order valence-corrected chi connectivity index (χ4v) is 1.42. The molecule has 0 fully saturated rings. The number of ether oxygens (including phenoxy) is 1. The predicted molar refractivity (Wildman–Crippen MR) is 63.0 cm³/mol. The van der Waals surface area contributed by atoms with Gasteiger partial charge >= 0.3 is 0 Å². The van der Waals surface area contributed by atoms with E-state index in [1.165, 1.54) is 12.8 Å². The lowest BCUT2D eigenvalue weighted by Gasteiger charge is -2.08. The summed E-state index contributed by atoms with van der Waals surface area (Å²) in [6, 6.07) is 3.98. The Balaban J connectivity index is 2.30. The third-order valence-electron chi connectivity index (χ3n) is 2.28. The van der Waals surface area contributed by atoms with Gasteiger partial charge in [-0.25, -0.2) is 4.98 Å². The highest BCUT2D eigenvalue weighted by Gasteiger charge is 2.00. The van der Waals surface area contributed by atoms with Gasteiger partial charge in [-0.15, -0.1) is 0 Å². The number of hydrogen-bond acceptors (Lipinski definition) is 3. The van der Waals surface area contributed by atoms with Crippen LogP contribution in [0, 0.1) is 0 Å². The first-order valence-corrected chi connectivity index (χ1v) is 5.58. The molecule has 0 saturated heterocycles. The number of rotatable bonds is 7. The Bertz CT molecular complexity index is 276. The van der Waals surface area contributed by atoms with E-state index in [1.807, 2.05) is 19.2 Å². The van der Waals surface area contributed by atoms with E-state index in [2.05, 4.69) is 17.2 Å². The predicted octanol–water partition coefficient (Wildman–Crippen LogP) is 2.83. The van der Waals surface area contributed by atoms with Crippen LogP contribution in [-0.4, -0.2) is 18.6 Å². The fraction of sp³-hybridized carbons (Fsp3) is 0.583. The molecule has 0 saturated carbocycles. The molecule has 0 bridgehead atoms. The number of hydrogen-bond donors (Lipinski definition) is 1. The maximum atomic E-state index is 5.58. The molecule has 84 valence electrons. The first-order chi connectivity index (χ1) is 7.38. The van der Waals surface area contributed by atoms with Crippen molar-refractivity contribution in [2.45, 2.75) is 32.8 Å². The highest BCUT2D eigenvalue weighted by atomic mass is 16.5. The van der Waals surface area contributed by atoms with Gasteiger partial charge in [0.1, 0.15) is 5.82 Å². The molecule has 0 spiro atoms. The van der Waals surface area contributed by atoms with Gasteiger partial charge in [-0.05, 0) is 12.5 Å². The Labute approximate surface area is 91.9 Å². The number of unbranched alkanes of at least 4 members (excludes halogenated alkanes) is 2. The molecule has 0 atom stereocenters. The van der Waals surface area contributed by atoms with Gasteiger partial charge in [0.15, 0.2) is 0 Å². The van der Waals surface area contributed by atoms with E-state index in [9.17, 15) is 0 Å². The van der Waals surface area contributed by atoms with Gasteiger partial charge in [-0.3, -0.25) is 0 Å². The summed E-state index contributed by atoms with van der Waals surface area (Å²) in [5.74, 6) is 0.910. The maximum absolute atomic E-state index is 5.58. The van der Waals surface area contributed by atoms with Crippen molar-refractivity contribution >= 4 is 5.82 Å². The molecule has 1 heterocycles. The molecule has 3 heteroatoms. The highest BCUT2D eigenvalue weighted by Crippen LogP contribution is 2.11. The zero-order valence-electron chi connectivity index (χ0n) is 9.62. The number of aromatic nitrogens is 1. The van der Waals surface area contributed by atoms with Gasteiger partial charge < -0.3 is 10.1 Å². The topological polar surface area (TPSA) is 34.1 Å². The minimum atomic E-state index is 0.647. The smallest absolute Gasteiger partial charge is 0.131 e. The summed E-state index contributed by atoms with van der Waals surface area (Å²) in [5, 5.41) is 3.06. The van der Waals surface area contributed by atoms with Crippen molar-refractivity contribution < 1.29 is 4.74 Å². The van der Waals surface area contributed by atoms with E-state index in [-0.39, 0.29) is 0 Å². The van der Waals surface area contributed by atoms with Gasteiger partial charge in [-0.2, -0.15) is 0 Å². The van der Waals surface area contributed by atoms with Crippen LogP contribution >= 0.6 is 0 Å². The van der Waals surface area contributed by atoms with Gasteiger partial charge in [-0.1, -0.05) is 25.8 Å². The van der Waals surface area contributed by atoms with Crippen molar-refractivity contribution in [1.82, 2.24) is 4.98 Å². The van der Waals surface area contributed by atoms with Gasteiger partial charge in [0.2, 0.25) is 0 Å². The van der Waals surface area contributed by atoms with Gasteiger partial charge in [0.25, 0.3) is 0 Å². The molecule has 0 aliphatic carbocycles. The second kappa shape index (κ2) is 7.23. The average Bonchev–Trinajstić information content (AvgIpc) is 2.29. The van der Waals surface area contributed by atoms with Crippen molar-refractivity contribution in [1.29, 1.82) is 0 Å². The Kier molecular flexibility index (Phi) is 5.78. The zero-order chi connectivity index (χ0) is 10.9. The molecule has 0 unspecified atom stereocenters. The first-order valence-electron chi connectivity index (χ1n) is 5.58. The van der Waals surface area contributed by atoms with Crippen LogP contribution in [0.15, 0.2) is 18.3 Å². The third kappa shape index (κ3) is 4.30. The molecule has 0 aliphatic rings. The lowest BCUT2D eigenvalue weighted by molar-refractivity contribution is 0.117. The Morgan fingerprint density at radius 2 is 2.27 bits per heavy atom.